The van der Waals surface area contributed by atoms with Crippen molar-refractivity contribution in [2.45, 2.75) is 77.3 Å². The summed E-state index contributed by atoms with van der Waals surface area (Å²) in [6.07, 6.45) is 10.2. The van der Waals surface area contributed by atoms with Gasteiger partial charge in [0.25, 0.3) is 0 Å². The molecule has 8 rings (SSSR count). The van der Waals surface area contributed by atoms with Crippen LogP contribution in [0.2, 0.25) is 10.0 Å². The van der Waals surface area contributed by atoms with Crippen LogP contribution in [-0.4, -0.2) is 93.1 Å². The monoisotopic (exact) mass is 1170 g/mol. The summed E-state index contributed by atoms with van der Waals surface area (Å²) in [7, 11) is 3.35. The van der Waals surface area contributed by atoms with Gasteiger partial charge in [0.05, 0.1) is 23.3 Å². The fraction of sp³-hybridized carbons (Fsp3) is 0.242. The van der Waals surface area contributed by atoms with Gasteiger partial charge in [-0.25, -0.2) is 0 Å². The number of pyridine rings is 2. The molecule has 434 valence electrons. The first-order valence-electron chi connectivity index (χ1n) is 27.0. The highest BCUT2D eigenvalue weighted by Gasteiger charge is 2.39. The van der Waals surface area contributed by atoms with Gasteiger partial charge in [0, 0.05) is 123 Å². The molecule has 0 spiro atoms. The van der Waals surface area contributed by atoms with Crippen molar-refractivity contribution in [2.75, 3.05) is 27.3 Å². The van der Waals surface area contributed by atoms with Gasteiger partial charge in [-0.15, -0.1) is 0 Å². The number of ether oxygens (including phenoxy) is 4. The quantitative estimate of drug-likeness (QED) is 0.0240. The highest BCUT2D eigenvalue weighted by molar-refractivity contribution is 6.32. The van der Waals surface area contributed by atoms with Crippen LogP contribution in [0.5, 0.6) is 23.0 Å². The molecule has 84 heavy (non-hydrogen) atoms. The maximum Gasteiger partial charge on any atom is 0.326 e. The van der Waals surface area contributed by atoms with E-state index in [2.05, 4.69) is 30.6 Å². The average molecular weight is 1170 g/mol. The van der Waals surface area contributed by atoms with Gasteiger partial charge in [0.15, 0.2) is 0 Å². The Kier molecular flexibility index (Phi) is 21.4. The van der Waals surface area contributed by atoms with E-state index in [1.165, 1.54) is 0 Å². The molecule has 16 nitrogen and oxygen atoms in total. The number of carboxylic acids is 2. The first-order chi connectivity index (χ1) is 40.7. The third-order valence-electron chi connectivity index (χ3n) is 14.4. The third-order valence-corrected chi connectivity index (χ3v) is 15.0. The summed E-state index contributed by atoms with van der Waals surface area (Å²) >= 11 is 14.0. The van der Waals surface area contributed by atoms with E-state index in [0.717, 1.165) is 66.8 Å². The first kappa shape index (κ1) is 61.6. The Morgan fingerprint density at radius 1 is 0.500 bits per heavy atom. The van der Waals surface area contributed by atoms with Crippen LogP contribution >= 0.6 is 23.2 Å². The number of hydrogen-bond acceptors (Lipinski definition) is 14. The molecule has 0 aliphatic rings. The lowest BCUT2D eigenvalue weighted by atomic mass is 9.91. The average Bonchev–Trinajstić information content (AvgIpc) is 3.64. The molecule has 6 aromatic carbocycles. The van der Waals surface area contributed by atoms with Gasteiger partial charge in [-0.3, -0.25) is 40.2 Å². The number of carboxylic acid groups (broad SMARTS) is 2. The summed E-state index contributed by atoms with van der Waals surface area (Å²) in [5.74, 6) is -0.988. The molecular weight excluding hydrogens is 1110 g/mol. The van der Waals surface area contributed by atoms with Crippen molar-refractivity contribution in [1.29, 1.82) is 0 Å². The highest BCUT2D eigenvalue weighted by atomic mass is 35.5. The minimum Gasteiger partial charge on any atom is -0.488 e. The SMILES string of the molecule is CN=Cc1cncc(COc2cc(OCc3cccc(-c4cccc(COc5cc(OCc6cncc(C=NC)c6)c(CNC(CO)(Cc6ccccc6)C(=O)O)cc5Cl)c4C)c3C)c(Cl)cc2CNC(CO)(Cc2ccccc2)C(=O)O)c1. The molecule has 0 radical (unpaired) electrons. The number of benzene rings is 6. The number of aliphatic carboxylic acids is 2. The summed E-state index contributed by atoms with van der Waals surface area (Å²) in [6, 6.07) is 40.7. The molecule has 8 aromatic rings. The molecule has 6 N–H and O–H groups in total. The van der Waals surface area contributed by atoms with Crippen molar-refractivity contribution < 1.29 is 49.0 Å². The Morgan fingerprint density at radius 3 is 1.26 bits per heavy atom. The lowest BCUT2D eigenvalue weighted by molar-refractivity contribution is -0.147. The van der Waals surface area contributed by atoms with Crippen molar-refractivity contribution in [3.63, 3.8) is 0 Å². The van der Waals surface area contributed by atoms with Gasteiger partial charge in [0.1, 0.15) is 60.5 Å². The Balaban J connectivity index is 1.02. The summed E-state index contributed by atoms with van der Waals surface area (Å²) in [5.41, 5.74) is 7.91. The van der Waals surface area contributed by atoms with Crippen LogP contribution in [-0.2, 0) is 61.9 Å². The number of hydrogen-bond donors (Lipinski definition) is 6. The van der Waals surface area contributed by atoms with Crippen molar-refractivity contribution in [2.24, 2.45) is 9.98 Å². The molecule has 0 aliphatic carbocycles. The van der Waals surface area contributed by atoms with Gasteiger partial charge < -0.3 is 39.4 Å². The van der Waals surface area contributed by atoms with E-state index in [4.69, 9.17) is 42.1 Å². The maximum absolute atomic E-state index is 12.8. The standard InChI is InChI=1S/C66H66Cl2N6O10/c1-43-51(39-83-61-25-59(81-37-49-21-47(29-69-3)31-71-33-49)53(23-57(61)67)35-73-65(41-75,63(77)78)27-45-13-7-5-8-14-45)17-11-19-55(43)56-20-12-18-52(44(56)2)40-84-62-26-60(82-38-50-22-48(30-70-4)32-72-34-50)54(24-58(62)68)36-74-66(42-76,64(79)80)28-46-15-9-6-10-16-46/h5-26,29-34,73-76H,27-28,35-42H2,1-4H3,(H,77,78)(H,79,80). The Hall–Kier alpha value is -8.48. The lowest BCUT2D eigenvalue weighted by Crippen LogP contribution is -2.56. The molecule has 0 saturated heterocycles. The predicted molar refractivity (Wildman–Crippen MR) is 326 cm³/mol. The number of rotatable bonds is 29. The number of carbonyl (C=O) groups is 2. The van der Waals surface area contributed by atoms with Crippen molar-refractivity contribution in [1.82, 2.24) is 20.6 Å². The minimum atomic E-state index is -1.71. The molecule has 0 amide bonds. The first-order valence-corrected chi connectivity index (χ1v) is 27.7. The van der Waals surface area contributed by atoms with E-state index in [1.807, 2.05) is 123 Å². The fourth-order valence-corrected chi connectivity index (χ4v) is 10.1. The number of aromatic nitrogens is 2. The number of aliphatic hydroxyl groups excluding tert-OH is 2. The second-order valence-corrected chi connectivity index (χ2v) is 21.1. The Bertz CT molecular complexity index is 3390. The van der Waals surface area contributed by atoms with E-state index in [0.29, 0.717) is 34.1 Å². The van der Waals surface area contributed by atoms with Crippen LogP contribution in [0.25, 0.3) is 11.1 Å². The van der Waals surface area contributed by atoms with Crippen molar-refractivity contribution >= 4 is 47.6 Å². The highest BCUT2D eigenvalue weighted by Crippen LogP contribution is 2.38. The lowest BCUT2D eigenvalue weighted by Gasteiger charge is -2.29. The van der Waals surface area contributed by atoms with Gasteiger partial charge in [0.2, 0.25) is 0 Å². The summed E-state index contributed by atoms with van der Waals surface area (Å²) in [5, 5.41) is 48.7. The van der Waals surface area contributed by atoms with Crippen LogP contribution in [0.3, 0.4) is 0 Å². The normalized spacial score (nSPS) is 12.9. The molecule has 0 saturated carbocycles. The molecular formula is C66H66Cl2N6O10. The van der Waals surface area contributed by atoms with Gasteiger partial charge in [-0.2, -0.15) is 0 Å². The zero-order valence-electron chi connectivity index (χ0n) is 47.0. The van der Waals surface area contributed by atoms with Gasteiger partial charge in [-0.1, -0.05) is 120 Å². The predicted octanol–water partition coefficient (Wildman–Crippen LogP) is 10.8. The van der Waals surface area contributed by atoms with E-state index >= 15 is 0 Å². The Morgan fingerprint density at radius 2 is 0.893 bits per heavy atom. The van der Waals surface area contributed by atoms with Crippen LogP contribution in [0.15, 0.2) is 168 Å². The number of nitrogens with one attached hydrogen (secondary N) is 2. The third kappa shape index (κ3) is 15.6. The van der Waals surface area contributed by atoms with E-state index in [1.54, 1.807) is 75.6 Å². The summed E-state index contributed by atoms with van der Waals surface area (Å²) < 4.78 is 25.8. The molecule has 2 aromatic heterocycles. The van der Waals surface area contributed by atoms with Crippen molar-refractivity contribution in [3.8, 4) is 34.1 Å². The van der Waals surface area contributed by atoms with E-state index in [9.17, 15) is 30.0 Å². The van der Waals surface area contributed by atoms with Gasteiger partial charge in [-0.05, 0) is 82.6 Å². The fourth-order valence-electron chi connectivity index (χ4n) is 9.63. The molecule has 0 aliphatic heterocycles. The molecule has 2 atom stereocenters. The Labute approximate surface area is 498 Å². The topological polar surface area (TPSA) is 227 Å². The summed E-state index contributed by atoms with van der Waals surface area (Å²) in [6.45, 7) is 3.17. The smallest absolute Gasteiger partial charge is 0.326 e. The largest absolute Gasteiger partial charge is 0.488 e. The molecule has 0 fully saturated rings. The maximum atomic E-state index is 12.8. The second-order valence-electron chi connectivity index (χ2n) is 20.3. The zero-order valence-corrected chi connectivity index (χ0v) is 48.5. The molecule has 2 unspecified atom stereocenters. The van der Waals surface area contributed by atoms with Crippen LogP contribution in [0.1, 0.15) is 66.8 Å². The molecule has 2 heterocycles. The number of halogens is 2. The van der Waals surface area contributed by atoms with Crippen molar-refractivity contribution in [3.05, 3.63) is 235 Å². The summed E-state index contributed by atoms with van der Waals surface area (Å²) in [4.78, 5) is 42.5. The van der Waals surface area contributed by atoms with Crippen LogP contribution < -0.4 is 29.6 Å². The van der Waals surface area contributed by atoms with Gasteiger partial charge >= 0.3 is 11.9 Å². The number of aliphatic hydroxyl groups is 2. The van der Waals surface area contributed by atoms with E-state index < -0.39 is 36.2 Å². The number of nitrogens with zero attached hydrogens (tertiary/aromatic N) is 4. The molecule has 0 bridgehead atoms. The molecule has 18 heteroatoms. The number of aliphatic imine (C=N–C) groups is 2. The van der Waals surface area contributed by atoms with E-state index in [-0.39, 0.29) is 62.4 Å². The zero-order chi connectivity index (χ0) is 59.6. The van der Waals surface area contributed by atoms with Crippen LogP contribution in [0, 0.1) is 13.8 Å². The van der Waals surface area contributed by atoms with Crippen LogP contribution in [0.4, 0.5) is 0 Å². The second kappa shape index (κ2) is 29.2. The minimum absolute atomic E-state index is 0.0188.